The lowest BCUT2D eigenvalue weighted by atomic mass is 10.1. The normalized spacial score (nSPS) is 17.4. The van der Waals surface area contributed by atoms with Crippen molar-refractivity contribution < 1.29 is 19.7 Å². The van der Waals surface area contributed by atoms with Gasteiger partial charge >= 0.3 is 0 Å². The molecule has 0 aromatic heterocycles. The molecule has 0 heterocycles. The Labute approximate surface area is 130 Å². The van der Waals surface area contributed by atoms with Gasteiger partial charge in [0.1, 0.15) is 0 Å². The second kappa shape index (κ2) is 13.5. The van der Waals surface area contributed by atoms with E-state index in [0.717, 1.165) is 12.8 Å². The van der Waals surface area contributed by atoms with Crippen LogP contribution in [0.3, 0.4) is 0 Å². The first-order valence-electron chi connectivity index (χ1n) is 8.21. The van der Waals surface area contributed by atoms with Gasteiger partial charge in [0.25, 0.3) is 0 Å². The van der Waals surface area contributed by atoms with Gasteiger partial charge in [-0.1, -0.05) is 40.5 Å². The molecule has 3 N–H and O–H groups in total. The van der Waals surface area contributed by atoms with Crippen LogP contribution in [0.5, 0.6) is 0 Å². The Balaban J connectivity index is 3.46. The summed E-state index contributed by atoms with van der Waals surface area (Å²) in [5, 5.41) is 22.5. The Morgan fingerprint density at radius 1 is 0.762 bits per heavy atom. The number of aliphatic hydroxyl groups is 2. The molecule has 128 valence electrons. The van der Waals surface area contributed by atoms with Gasteiger partial charge in [0.15, 0.2) is 0 Å². The average molecular weight is 305 g/mol. The molecule has 0 aliphatic rings. The molecule has 0 saturated heterocycles. The standard InChI is InChI=1S/C16H35NO4/c1-5-13(3)9-20-11-15(18)7-17-8-16(19)12-21-10-14(4)6-2/h13-19H,5-12H2,1-4H3. The Morgan fingerprint density at radius 2 is 1.14 bits per heavy atom. The highest BCUT2D eigenvalue weighted by atomic mass is 16.5. The number of rotatable bonds is 14. The van der Waals surface area contributed by atoms with Gasteiger partial charge in [-0.15, -0.1) is 0 Å². The lowest BCUT2D eigenvalue weighted by Crippen LogP contribution is -2.37. The van der Waals surface area contributed by atoms with Gasteiger partial charge in [0, 0.05) is 26.3 Å². The van der Waals surface area contributed by atoms with E-state index in [0.29, 0.717) is 51.4 Å². The maximum Gasteiger partial charge on any atom is 0.0897 e. The van der Waals surface area contributed by atoms with Crippen LogP contribution in [-0.2, 0) is 9.47 Å². The summed E-state index contributed by atoms with van der Waals surface area (Å²) >= 11 is 0. The van der Waals surface area contributed by atoms with Crippen molar-refractivity contribution in [3.8, 4) is 0 Å². The molecule has 5 nitrogen and oxygen atoms in total. The van der Waals surface area contributed by atoms with E-state index in [1.807, 2.05) is 0 Å². The zero-order chi connectivity index (χ0) is 16.1. The summed E-state index contributed by atoms with van der Waals surface area (Å²) in [5.74, 6) is 1.05. The monoisotopic (exact) mass is 305 g/mol. The fraction of sp³-hybridized carbons (Fsp3) is 1.00. The molecule has 0 radical (unpaired) electrons. The molecule has 0 rings (SSSR count). The fourth-order valence-electron chi connectivity index (χ4n) is 1.58. The van der Waals surface area contributed by atoms with Gasteiger partial charge in [0.2, 0.25) is 0 Å². The summed E-state index contributed by atoms with van der Waals surface area (Å²) in [5.41, 5.74) is 0. The van der Waals surface area contributed by atoms with Gasteiger partial charge in [-0.3, -0.25) is 0 Å². The van der Waals surface area contributed by atoms with Crippen molar-refractivity contribution in [2.45, 2.75) is 52.7 Å². The van der Waals surface area contributed by atoms with Crippen molar-refractivity contribution in [2.24, 2.45) is 11.8 Å². The molecule has 0 aromatic rings. The van der Waals surface area contributed by atoms with E-state index < -0.39 is 12.2 Å². The molecule has 4 atom stereocenters. The van der Waals surface area contributed by atoms with E-state index in [-0.39, 0.29) is 0 Å². The third-order valence-electron chi connectivity index (χ3n) is 3.58. The first-order valence-corrected chi connectivity index (χ1v) is 8.21. The van der Waals surface area contributed by atoms with Gasteiger partial charge in [0.05, 0.1) is 25.4 Å². The lowest BCUT2D eigenvalue weighted by Gasteiger charge is -2.17. The summed E-state index contributed by atoms with van der Waals surface area (Å²) in [7, 11) is 0. The van der Waals surface area contributed by atoms with Crippen LogP contribution in [-0.4, -0.2) is 61.9 Å². The van der Waals surface area contributed by atoms with Crippen LogP contribution in [0.4, 0.5) is 0 Å². The van der Waals surface area contributed by atoms with Crippen LogP contribution in [0.25, 0.3) is 0 Å². The van der Waals surface area contributed by atoms with E-state index in [1.165, 1.54) is 0 Å². The summed E-state index contributed by atoms with van der Waals surface area (Å²) in [6.07, 6.45) is 1.08. The van der Waals surface area contributed by atoms with E-state index in [1.54, 1.807) is 0 Å². The summed E-state index contributed by atoms with van der Waals surface area (Å²) in [4.78, 5) is 0. The molecular weight excluding hydrogens is 270 g/mol. The van der Waals surface area contributed by atoms with Crippen LogP contribution >= 0.6 is 0 Å². The third kappa shape index (κ3) is 13.2. The predicted molar refractivity (Wildman–Crippen MR) is 85.4 cm³/mol. The first-order chi connectivity index (χ1) is 9.99. The highest BCUT2D eigenvalue weighted by Gasteiger charge is 2.09. The van der Waals surface area contributed by atoms with E-state index in [4.69, 9.17) is 9.47 Å². The smallest absolute Gasteiger partial charge is 0.0897 e. The highest BCUT2D eigenvalue weighted by Crippen LogP contribution is 2.01. The van der Waals surface area contributed by atoms with Crippen LogP contribution in [0.1, 0.15) is 40.5 Å². The fourth-order valence-corrected chi connectivity index (χ4v) is 1.58. The van der Waals surface area contributed by atoms with Gasteiger partial charge < -0.3 is 25.0 Å². The molecule has 0 amide bonds. The van der Waals surface area contributed by atoms with Crippen molar-refractivity contribution in [1.29, 1.82) is 0 Å². The maximum atomic E-state index is 9.73. The van der Waals surface area contributed by atoms with Crippen LogP contribution < -0.4 is 5.32 Å². The Hall–Kier alpha value is -0.200. The minimum atomic E-state index is -0.540. The Bertz CT molecular complexity index is 206. The van der Waals surface area contributed by atoms with Gasteiger partial charge in [-0.25, -0.2) is 0 Å². The van der Waals surface area contributed by atoms with Crippen molar-refractivity contribution in [3.63, 3.8) is 0 Å². The minimum absolute atomic E-state index is 0.331. The zero-order valence-corrected chi connectivity index (χ0v) is 14.2. The second-order valence-electron chi connectivity index (χ2n) is 6.07. The summed E-state index contributed by atoms with van der Waals surface area (Å²) in [6, 6.07) is 0. The van der Waals surface area contributed by atoms with Crippen molar-refractivity contribution in [3.05, 3.63) is 0 Å². The van der Waals surface area contributed by atoms with Crippen molar-refractivity contribution in [1.82, 2.24) is 5.32 Å². The largest absolute Gasteiger partial charge is 0.389 e. The first kappa shape index (κ1) is 20.8. The van der Waals surface area contributed by atoms with Crippen molar-refractivity contribution >= 4 is 0 Å². The van der Waals surface area contributed by atoms with E-state index in [2.05, 4.69) is 33.0 Å². The molecule has 0 aliphatic heterocycles. The zero-order valence-electron chi connectivity index (χ0n) is 14.2. The van der Waals surface area contributed by atoms with Crippen LogP contribution in [0.2, 0.25) is 0 Å². The highest BCUT2D eigenvalue weighted by molar-refractivity contribution is 4.63. The molecule has 0 saturated carbocycles. The van der Waals surface area contributed by atoms with Crippen molar-refractivity contribution in [2.75, 3.05) is 39.5 Å². The van der Waals surface area contributed by atoms with E-state index >= 15 is 0 Å². The molecular formula is C16H35NO4. The SMILES string of the molecule is CCC(C)COCC(O)CNCC(O)COCC(C)CC. The van der Waals surface area contributed by atoms with Gasteiger partial charge in [-0.05, 0) is 11.8 Å². The number of aliphatic hydroxyl groups excluding tert-OH is 2. The Kier molecular flexibility index (Phi) is 13.3. The molecule has 0 aromatic carbocycles. The topological polar surface area (TPSA) is 71.0 Å². The summed E-state index contributed by atoms with van der Waals surface area (Å²) in [6.45, 7) is 11.4. The molecule has 4 unspecified atom stereocenters. The maximum absolute atomic E-state index is 9.73. The molecule has 21 heavy (non-hydrogen) atoms. The van der Waals surface area contributed by atoms with Crippen LogP contribution in [0.15, 0.2) is 0 Å². The number of nitrogens with one attached hydrogen (secondary N) is 1. The number of ether oxygens (including phenoxy) is 2. The predicted octanol–water partition coefficient (Wildman–Crippen LogP) is 1.42. The Morgan fingerprint density at radius 3 is 1.48 bits per heavy atom. The number of hydrogen-bond acceptors (Lipinski definition) is 5. The summed E-state index contributed by atoms with van der Waals surface area (Å²) < 4.78 is 10.9. The molecule has 0 aliphatic carbocycles. The number of hydrogen-bond donors (Lipinski definition) is 3. The minimum Gasteiger partial charge on any atom is -0.389 e. The second-order valence-corrected chi connectivity index (χ2v) is 6.07. The lowest BCUT2D eigenvalue weighted by molar-refractivity contribution is 0.0119. The molecule has 5 heteroatoms. The van der Waals surface area contributed by atoms with Crippen LogP contribution in [0, 0.1) is 11.8 Å². The third-order valence-corrected chi connectivity index (χ3v) is 3.58. The van der Waals surface area contributed by atoms with Gasteiger partial charge in [-0.2, -0.15) is 0 Å². The molecule has 0 fully saturated rings. The molecule has 0 spiro atoms. The molecule has 0 bridgehead atoms. The quantitative estimate of drug-likeness (QED) is 0.453. The average Bonchev–Trinajstić information content (AvgIpc) is 2.46. The van der Waals surface area contributed by atoms with E-state index in [9.17, 15) is 10.2 Å².